The predicted molar refractivity (Wildman–Crippen MR) is 125 cm³/mol. The normalized spacial score (nSPS) is 10.9. The van der Waals surface area contributed by atoms with Gasteiger partial charge in [0.05, 0.1) is 16.4 Å². The van der Waals surface area contributed by atoms with Crippen LogP contribution in [0.4, 0.5) is 10.6 Å². The van der Waals surface area contributed by atoms with Crippen LogP contribution < -0.4 is 10.6 Å². The molecule has 160 valence electrons. The number of unbranched alkanes of at least 4 members (excludes halogenated alkanes) is 1. The number of carbonyl (C=O) groups is 1. The summed E-state index contributed by atoms with van der Waals surface area (Å²) >= 11 is 9.89. The molecule has 3 aromatic rings. The van der Waals surface area contributed by atoms with Crippen LogP contribution in [0.25, 0.3) is 16.9 Å². The van der Waals surface area contributed by atoms with Gasteiger partial charge in [-0.15, -0.1) is 0 Å². The average Bonchev–Trinajstić information content (AvgIpc) is 3.12. The zero-order chi connectivity index (χ0) is 21.5. The minimum Gasteiger partial charge on any atom is -0.370 e. The summed E-state index contributed by atoms with van der Waals surface area (Å²) in [5.41, 5.74) is 2.34. The highest BCUT2D eigenvalue weighted by Gasteiger charge is 2.13. The summed E-state index contributed by atoms with van der Waals surface area (Å²) in [7, 11) is 1.81. The Hall–Kier alpha value is -2.32. The standard InChI is InChI=1S/C21H26BrClN6O/c1-3-4-10-25-21(30)28(2)12-7-11-24-19-13-18(15-8-5-6-9-17(15)23)27-20-16(22)14-26-29(19)20/h5-6,8-9,13-14,24H,3-4,7,10-12H2,1-2H3,(H,25,30). The molecule has 9 heteroatoms. The molecule has 0 unspecified atom stereocenters. The van der Waals surface area contributed by atoms with Crippen LogP contribution in [0.1, 0.15) is 26.2 Å². The predicted octanol–water partition coefficient (Wildman–Crippen LogP) is 5.06. The lowest BCUT2D eigenvalue weighted by Gasteiger charge is -2.18. The fourth-order valence-electron chi connectivity index (χ4n) is 3.01. The second-order valence-corrected chi connectivity index (χ2v) is 8.28. The molecule has 30 heavy (non-hydrogen) atoms. The fourth-order valence-corrected chi connectivity index (χ4v) is 3.59. The molecule has 0 aliphatic rings. The molecule has 0 aliphatic heterocycles. The minimum atomic E-state index is -0.0354. The summed E-state index contributed by atoms with van der Waals surface area (Å²) in [5, 5.41) is 11.4. The number of anilines is 1. The fraction of sp³-hybridized carbons (Fsp3) is 0.381. The largest absolute Gasteiger partial charge is 0.370 e. The molecular formula is C21H26BrClN6O. The Kier molecular flexibility index (Phi) is 7.93. The molecule has 0 bridgehead atoms. The number of amides is 2. The first kappa shape index (κ1) is 22.4. The van der Waals surface area contributed by atoms with Crippen molar-refractivity contribution in [3.63, 3.8) is 0 Å². The van der Waals surface area contributed by atoms with Gasteiger partial charge in [0.2, 0.25) is 0 Å². The molecular weight excluding hydrogens is 468 g/mol. The lowest BCUT2D eigenvalue weighted by Crippen LogP contribution is -2.38. The maximum atomic E-state index is 12.0. The number of rotatable bonds is 9. The zero-order valence-electron chi connectivity index (χ0n) is 17.2. The van der Waals surface area contributed by atoms with Crippen molar-refractivity contribution in [3.8, 4) is 11.3 Å². The molecule has 3 rings (SSSR count). The lowest BCUT2D eigenvalue weighted by atomic mass is 10.1. The minimum absolute atomic E-state index is 0.0354. The van der Waals surface area contributed by atoms with E-state index in [2.05, 4.69) is 38.6 Å². The van der Waals surface area contributed by atoms with Gasteiger partial charge in [-0.2, -0.15) is 9.61 Å². The number of halogens is 2. The highest BCUT2D eigenvalue weighted by molar-refractivity contribution is 9.10. The second kappa shape index (κ2) is 10.6. The molecule has 2 aromatic heterocycles. The van der Waals surface area contributed by atoms with Crippen molar-refractivity contribution >= 4 is 45.0 Å². The molecule has 2 amide bonds. The molecule has 2 heterocycles. The van der Waals surface area contributed by atoms with Gasteiger partial charge in [-0.3, -0.25) is 0 Å². The van der Waals surface area contributed by atoms with Gasteiger partial charge >= 0.3 is 6.03 Å². The third kappa shape index (κ3) is 5.43. The molecule has 0 saturated carbocycles. The van der Waals surface area contributed by atoms with Crippen molar-refractivity contribution in [2.75, 3.05) is 32.0 Å². The van der Waals surface area contributed by atoms with E-state index in [0.29, 0.717) is 30.3 Å². The Labute approximate surface area is 189 Å². The Morgan fingerprint density at radius 2 is 2.07 bits per heavy atom. The Bertz CT molecular complexity index is 1010. The maximum absolute atomic E-state index is 12.0. The number of urea groups is 1. The van der Waals surface area contributed by atoms with Crippen LogP contribution in [0.2, 0.25) is 5.02 Å². The first-order chi connectivity index (χ1) is 14.5. The van der Waals surface area contributed by atoms with Crippen LogP contribution in [0.15, 0.2) is 41.0 Å². The van der Waals surface area contributed by atoms with Crippen LogP contribution in [-0.4, -0.2) is 52.2 Å². The number of carbonyl (C=O) groups excluding carboxylic acids is 1. The Morgan fingerprint density at radius 1 is 1.27 bits per heavy atom. The van der Waals surface area contributed by atoms with Gasteiger partial charge in [0.15, 0.2) is 5.65 Å². The second-order valence-electron chi connectivity index (χ2n) is 7.02. The monoisotopic (exact) mass is 492 g/mol. The van der Waals surface area contributed by atoms with Crippen molar-refractivity contribution in [1.29, 1.82) is 0 Å². The van der Waals surface area contributed by atoms with E-state index in [1.165, 1.54) is 0 Å². The third-order valence-corrected chi connectivity index (χ3v) is 5.60. The summed E-state index contributed by atoms with van der Waals surface area (Å²) in [6.45, 7) is 4.16. The van der Waals surface area contributed by atoms with Crippen molar-refractivity contribution in [1.82, 2.24) is 24.8 Å². The number of aromatic nitrogens is 3. The molecule has 0 spiro atoms. The van der Waals surface area contributed by atoms with E-state index < -0.39 is 0 Å². The first-order valence-corrected chi connectivity index (χ1v) is 11.2. The Morgan fingerprint density at radius 3 is 2.83 bits per heavy atom. The van der Waals surface area contributed by atoms with Crippen molar-refractivity contribution in [2.45, 2.75) is 26.2 Å². The number of hydrogen-bond donors (Lipinski definition) is 2. The summed E-state index contributed by atoms with van der Waals surface area (Å²) in [4.78, 5) is 18.5. The van der Waals surface area contributed by atoms with Gasteiger partial charge in [0, 0.05) is 43.3 Å². The smallest absolute Gasteiger partial charge is 0.317 e. The van der Waals surface area contributed by atoms with E-state index in [1.807, 2.05) is 37.4 Å². The Balaban J connectivity index is 1.67. The number of benzene rings is 1. The van der Waals surface area contributed by atoms with E-state index in [0.717, 1.165) is 40.8 Å². The van der Waals surface area contributed by atoms with E-state index in [9.17, 15) is 4.79 Å². The van der Waals surface area contributed by atoms with Gasteiger partial charge in [0.25, 0.3) is 0 Å². The van der Waals surface area contributed by atoms with E-state index in [4.69, 9.17) is 16.6 Å². The number of hydrogen-bond acceptors (Lipinski definition) is 4. The first-order valence-electron chi connectivity index (χ1n) is 10.0. The van der Waals surface area contributed by atoms with Gasteiger partial charge in [-0.25, -0.2) is 9.78 Å². The van der Waals surface area contributed by atoms with Crippen molar-refractivity contribution < 1.29 is 4.79 Å². The van der Waals surface area contributed by atoms with E-state index in [1.54, 1.807) is 15.6 Å². The van der Waals surface area contributed by atoms with Gasteiger partial charge < -0.3 is 15.5 Å². The van der Waals surface area contributed by atoms with Gasteiger partial charge in [0.1, 0.15) is 5.82 Å². The summed E-state index contributed by atoms with van der Waals surface area (Å²) in [6.07, 6.45) is 4.57. The quantitative estimate of drug-likeness (QED) is 0.409. The van der Waals surface area contributed by atoms with Gasteiger partial charge in [-0.1, -0.05) is 43.1 Å². The van der Waals surface area contributed by atoms with Crippen LogP contribution in [-0.2, 0) is 0 Å². The van der Waals surface area contributed by atoms with Crippen LogP contribution in [0, 0.1) is 0 Å². The van der Waals surface area contributed by atoms with Crippen LogP contribution >= 0.6 is 27.5 Å². The molecule has 0 saturated heterocycles. The average molecular weight is 494 g/mol. The number of nitrogens with one attached hydrogen (secondary N) is 2. The van der Waals surface area contributed by atoms with E-state index in [-0.39, 0.29) is 6.03 Å². The molecule has 0 fully saturated rings. The third-order valence-electron chi connectivity index (χ3n) is 4.71. The lowest BCUT2D eigenvalue weighted by molar-refractivity contribution is 0.208. The highest BCUT2D eigenvalue weighted by atomic mass is 79.9. The van der Waals surface area contributed by atoms with Crippen LogP contribution in [0.5, 0.6) is 0 Å². The topological polar surface area (TPSA) is 74.6 Å². The molecule has 0 aliphatic carbocycles. The molecule has 1 aromatic carbocycles. The summed E-state index contributed by atoms with van der Waals surface area (Å²) in [6, 6.07) is 9.53. The van der Waals surface area contributed by atoms with Gasteiger partial charge in [-0.05, 0) is 34.8 Å². The number of fused-ring (bicyclic) bond motifs is 1. The molecule has 7 nitrogen and oxygen atoms in total. The van der Waals surface area contributed by atoms with Crippen molar-refractivity contribution in [2.24, 2.45) is 0 Å². The maximum Gasteiger partial charge on any atom is 0.317 e. The van der Waals surface area contributed by atoms with Crippen LogP contribution in [0.3, 0.4) is 0 Å². The van der Waals surface area contributed by atoms with E-state index >= 15 is 0 Å². The van der Waals surface area contributed by atoms with Crippen molar-refractivity contribution in [3.05, 3.63) is 46.0 Å². The highest BCUT2D eigenvalue weighted by Crippen LogP contribution is 2.30. The molecule has 0 radical (unpaired) electrons. The number of nitrogens with zero attached hydrogens (tertiary/aromatic N) is 4. The summed E-state index contributed by atoms with van der Waals surface area (Å²) in [5.74, 6) is 0.815. The molecule has 0 atom stereocenters. The summed E-state index contributed by atoms with van der Waals surface area (Å²) < 4.78 is 2.56. The zero-order valence-corrected chi connectivity index (χ0v) is 19.5. The molecule has 2 N–H and O–H groups in total. The SMILES string of the molecule is CCCCNC(=O)N(C)CCCNc1cc(-c2ccccc2Cl)nc2c(Br)cnn12.